The highest BCUT2D eigenvalue weighted by Gasteiger charge is 2.46. The van der Waals surface area contributed by atoms with Crippen LogP contribution in [0.3, 0.4) is 0 Å². The molecule has 33 heavy (non-hydrogen) atoms. The number of ether oxygens (including phenoxy) is 1. The summed E-state index contributed by atoms with van der Waals surface area (Å²) in [5.41, 5.74) is 0.967. The summed E-state index contributed by atoms with van der Waals surface area (Å²) in [6, 6.07) is 14.6. The van der Waals surface area contributed by atoms with Gasteiger partial charge in [0.1, 0.15) is 11.5 Å². The molecule has 2 heterocycles. The number of hydrogen-bond donors (Lipinski definition) is 1. The fourth-order valence-electron chi connectivity index (χ4n) is 3.81. The zero-order chi connectivity index (χ0) is 23.5. The van der Waals surface area contributed by atoms with Crippen LogP contribution in [0.4, 0.5) is 5.69 Å². The molecule has 3 aromatic rings. The quantitative estimate of drug-likeness (QED) is 0.202. The average Bonchev–Trinajstić information content (AvgIpc) is 3.09. The van der Waals surface area contributed by atoms with E-state index in [-0.39, 0.29) is 23.4 Å². The fraction of sp³-hybridized carbons (Fsp3) is 0.125. The third-order valence-electron chi connectivity index (χ3n) is 5.38. The van der Waals surface area contributed by atoms with Gasteiger partial charge in [0.2, 0.25) is 0 Å². The maximum Gasteiger partial charge on any atom is 0.295 e. The van der Waals surface area contributed by atoms with Crippen LogP contribution >= 0.6 is 0 Å². The number of carbonyl (C=O) groups is 2. The molecule has 0 saturated carbocycles. The highest BCUT2D eigenvalue weighted by atomic mass is 16.6. The normalized spacial score (nSPS) is 17.2. The molecule has 9 heteroatoms. The standard InChI is InChI=1S/C24H19N3O6/c1-33-19-7-3-4-16(13-19)21-20(22(28)17-5-2-6-18(12-17)27(31)32)23(29)24(30)26(21)14-15-8-10-25-11-9-15/h2-13,21,28H,14H2,1H3/b22-20-. The van der Waals surface area contributed by atoms with Gasteiger partial charge in [0.25, 0.3) is 17.4 Å². The van der Waals surface area contributed by atoms with Crippen molar-refractivity contribution in [3.63, 3.8) is 0 Å². The molecule has 0 radical (unpaired) electrons. The monoisotopic (exact) mass is 445 g/mol. The number of nitro benzene ring substituents is 1. The molecule has 1 unspecified atom stereocenters. The van der Waals surface area contributed by atoms with Gasteiger partial charge >= 0.3 is 0 Å². The number of nitro groups is 1. The van der Waals surface area contributed by atoms with Crippen LogP contribution in [0, 0.1) is 10.1 Å². The third kappa shape index (κ3) is 4.16. The van der Waals surface area contributed by atoms with Crippen molar-refractivity contribution in [2.75, 3.05) is 7.11 Å². The number of pyridine rings is 1. The van der Waals surface area contributed by atoms with Crippen LogP contribution in [0.25, 0.3) is 5.76 Å². The van der Waals surface area contributed by atoms with Crippen molar-refractivity contribution in [3.8, 4) is 5.75 Å². The molecule has 1 aliphatic heterocycles. The maximum atomic E-state index is 13.1. The molecule has 0 spiro atoms. The van der Waals surface area contributed by atoms with Crippen molar-refractivity contribution in [3.05, 3.63) is 105 Å². The number of amides is 1. The van der Waals surface area contributed by atoms with Crippen LogP contribution in [0.15, 0.2) is 78.6 Å². The van der Waals surface area contributed by atoms with E-state index in [9.17, 15) is 24.8 Å². The topological polar surface area (TPSA) is 123 Å². The van der Waals surface area contributed by atoms with E-state index in [2.05, 4.69) is 4.98 Å². The predicted octanol–water partition coefficient (Wildman–Crippen LogP) is 3.62. The molecule has 1 atom stereocenters. The van der Waals surface area contributed by atoms with Crippen LogP contribution in [0.5, 0.6) is 5.75 Å². The molecule has 1 saturated heterocycles. The summed E-state index contributed by atoms with van der Waals surface area (Å²) in [4.78, 5) is 42.0. The number of methoxy groups -OCH3 is 1. The first-order chi connectivity index (χ1) is 15.9. The second kappa shape index (κ2) is 8.91. The number of hydrogen-bond acceptors (Lipinski definition) is 7. The molecule has 166 valence electrons. The van der Waals surface area contributed by atoms with E-state index in [0.29, 0.717) is 11.3 Å². The van der Waals surface area contributed by atoms with E-state index in [0.717, 1.165) is 11.6 Å². The number of benzene rings is 2. The lowest BCUT2D eigenvalue weighted by Gasteiger charge is -2.25. The number of nitrogens with zero attached hydrogens (tertiary/aromatic N) is 3. The first-order valence-electron chi connectivity index (χ1n) is 9.97. The van der Waals surface area contributed by atoms with Gasteiger partial charge in [-0.1, -0.05) is 24.3 Å². The van der Waals surface area contributed by atoms with Crippen molar-refractivity contribution in [2.45, 2.75) is 12.6 Å². The van der Waals surface area contributed by atoms with Gasteiger partial charge in [-0.15, -0.1) is 0 Å². The molecular weight excluding hydrogens is 426 g/mol. The Labute approximate surface area is 188 Å². The molecule has 2 aromatic carbocycles. The Morgan fingerprint density at radius 2 is 1.85 bits per heavy atom. The first kappa shape index (κ1) is 21.7. The summed E-state index contributed by atoms with van der Waals surface area (Å²) < 4.78 is 5.29. The van der Waals surface area contributed by atoms with Crippen molar-refractivity contribution in [2.24, 2.45) is 0 Å². The minimum absolute atomic E-state index is 0.0685. The lowest BCUT2D eigenvalue weighted by molar-refractivity contribution is -0.384. The molecule has 1 aromatic heterocycles. The summed E-state index contributed by atoms with van der Waals surface area (Å²) in [7, 11) is 1.50. The minimum Gasteiger partial charge on any atom is -0.507 e. The van der Waals surface area contributed by atoms with Crippen LogP contribution < -0.4 is 4.74 Å². The Morgan fingerprint density at radius 1 is 1.12 bits per heavy atom. The lowest BCUT2D eigenvalue weighted by atomic mass is 9.95. The number of non-ortho nitro benzene ring substituents is 1. The van der Waals surface area contributed by atoms with Gasteiger partial charge in [0.15, 0.2) is 0 Å². The molecule has 1 aliphatic rings. The molecule has 1 amide bonds. The summed E-state index contributed by atoms with van der Waals surface area (Å²) >= 11 is 0. The zero-order valence-electron chi connectivity index (χ0n) is 17.5. The summed E-state index contributed by atoms with van der Waals surface area (Å²) in [6.45, 7) is 0.0979. The molecule has 1 N–H and O–H groups in total. The number of carbonyl (C=O) groups excluding carboxylic acids is 2. The number of aromatic nitrogens is 1. The number of aliphatic hydroxyl groups is 1. The summed E-state index contributed by atoms with van der Waals surface area (Å²) in [5, 5.41) is 22.3. The van der Waals surface area contributed by atoms with Crippen molar-refractivity contribution >= 4 is 23.1 Å². The van der Waals surface area contributed by atoms with Gasteiger partial charge in [0.05, 0.1) is 23.6 Å². The second-order valence-corrected chi connectivity index (χ2v) is 7.37. The van der Waals surface area contributed by atoms with E-state index >= 15 is 0 Å². The smallest absolute Gasteiger partial charge is 0.295 e. The third-order valence-corrected chi connectivity index (χ3v) is 5.38. The van der Waals surface area contributed by atoms with Crippen molar-refractivity contribution in [1.82, 2.24) is 9.88 Å². The highest BCUT2D eigenvalue weighted by Crippen LogP contribution is 2.41. The molecular formula is C24H19N3O6. The van der Waals surface area contributed by atoms with Crippen molar-refractivity contribution in [1.29, 1.82) is 0 Å². The van der Waals surface area contributed by atoms with Crippen LogP contribution in [0.2, 0.25) is 0 Å². The second-order valence-electron chi connectivity index (χ2n) is 7.37. The lowest BCUT2D eigenvalue weighted by Crippen LogP contribution is -2.29. The molecule has 0 bridgehead atoms. The van der Waals surface area contributed by atoms with Crippen LogP contribution in [0.1, 0.15) is 22.7 Å². The molecule has 1 fully saturated rings. The van der Waals surface area contributed by atoms with E-state index < -0.39 is 28.4 Å². The van der Waals surface area contributed by atoms with Crippen LogP contribution in [-0.2, 0) is 16.1 Å². The first-order valence-corrected chi connectivity index (χ1v) is 9.97. The Balaban J connectivity index is 1.89. The van der Waals surface area contributed by atoms with Gasteiger partial charge in [-0.3, -0.25) is 24.7 Å². The van der Waals surface area contributed by atoms with Crippen molar-refractivity contribution < 1.29 is 24.4 Å². The predicted molar refractivity (Wildman–Crippen MR) is 118 cm³/mol. The largest absolute Gasteiger partial charge is 0.507 e. The summed E-state index contributed by atoms with van der Waals surface area (Å²) in [6.07, 6.45) is 3.16. The van der Waals surface area contributed by atoms with E-state index in [1.807, 2.05) is 0 Å². The fourth-order valence-corrected chi connectivity index (χ4v) is 3.81. The van der Waals surface area contributed by atoms with Gasteiger partial charge in [-0.2, -0.15) is 0 Å². The number of likely N-dealkylation sites (tertiary alicyclic amines) is 1. The Hall–Kier alpha value is -4.53. The van der Waals surface area contributed by atoms with Gasteiger partial charge < -0.3 is 14.7 Å². The number of ketones is 1. The SMILES string of the molecule is COc1cccc(C2/C(=C(/O)c3cccc([N+](=O)[O-])c3)C(=O)C(=O)N2Cc2ccncc2)c1. The Bertz CT molecular complexity index is 1270. The minimum atomic E-state index is -0.924. The number of Topliss-reactive ketones (excluding diaryl/α,β-unsaturated/α-hetero) is 1. The summed E-state index contributed by atoms with van der Waals surface area (Å²) in [5.74, 6) is -1.63. The Kier molecular flexibility index (Phi) is 5.86. The number of aliphatic hydroxyl groups excluding tert-OH is 1. The van der Waals surface area contributed by atoms with E-state index in [1.54, 1.807) is 48.8 Å². The van der Waals surface area contributed by atoms with Gasteiger partial charge in [-0.05, 0) is 35.4 Å². The molecule has 9 nitrogen and oxygen atoms in total. The Morgan fingerprint density at radius 3 is 2.55 bits per heavy atom. The van der Waals surface area contributed by atoms with E-state index in [4.69, 9.17) is 4.74 Å². The molecule has 4 rings (SSSR count). The van der Waals surface area contributed by atoms with Gasteiger partial charge in [0, 0.05) is 36.6 Å². The number of rotatable bonds is 6. The maximum absolute atomic E-state index is 13.1. The average molecular weight is 445 g/mol. The van der Waals surface area contributed by atoms with E-state index in [1.165, 1.54) is 30.2 Å². The zero-order valence-corrected chi connectivity index (χ0v) is 17.5. The highest BCUT2D eigenvalue weighted by molar-refractivity contribution is 6.46. The van der Waals surface area contributed by atoms with Crippen LogP contribution in [-0.4, -0.2) is 38.7 Å². The van der Waals surface area contributed by atoms with Gasteiger partial charge in [-0.25, -0.2) is 0 Å². The molecule has 0 aliphatic carbocycles.